The van der Waals surface area contributed by atoms with Crippen molar-refractivity contribution in [1.82, 2.24) is 10.2 Å². The monoisotopic (exact) mass is 613 g/mol. The topological polar surface area (TPSA) is 86.8 Å². The van der Waals surface area contributed by atoms with E-state index in [-0.39, 0.29) is 24.8 Å². The molecule has 3 rings (SSSR count). The Kier molecular flexibility index (Phi) is 10.7. The first-order valence-electron chi connectivity index (χ1n) is 12.8. The average molecular weight is 615 g/mol. The third kappa shape index (κ3) is 9.21. The molecule has 0 bridgehead atoms. The highest BCUT2D eigenvalue weighted by Crippen LogP contribution is 2.23. The van der Waals surface area contributed by atoms with Gasteiger partial charge >= 0.3 is 0 Å². The second-order valence-corrected chi connectivity index (χ2v) is 12.9. The van der Waals surface area contributed by atoms with Gasteiger partial charge in [-0.1, -0.05) is 96.0 Å². The zero-order valence-corrected chi connectivity index (χ0v) is 25.2. The van der Waals surface area contributed by atoms with Crippen molar-refractivity contribution >= 4 is 43.5 Å². The molecule has 0 spiro atoms. The highest BCUT2D eigenvalue weighted by Gasteiger charge is 2.33. The van der Waals surface area contributed by atoms with Gasteiger partial charge in [0, 0.05) is 24.0 Å². The highest BCUT2D eigenvalue weighted by molar-refractivity contribution is 9.10. The second kappa shape index (κ2) is 13.8. The summed E-state index contributed by atoms with van der Waals surface area (Å²) >= 11 is 3.38. The zero-order valence-electron chi connectivity index (χ0n) is 22.8. The molecule has 0 aliphatic heterocycles. The van der Waals surface area contributed by atoms with Crippen LogP contribution in [0.4, 0.5) is 5.69 Å². The van der Waals surface area contributed by atoms with Crippen molar-refractivity contribution in [3.8, 4) is 0 Å². The summed E-state index contributed by atoms with van der Waals surface area (Å²) in [7, 11) is -3.80. The molecule has 208 valence electrons. The summed E-state index contributed by atoms with van der Waals surface area (Å²) in [4.78, 5) is 29.1. The smallest absolute Gasteiger partial charge is 0.244 e. The molecule has 1 atom stereocenters. The normalized spacial score (nSPS) is 12.2. The van der Waals surface area contributed by atoms with E-state index in [9.17, 15) is 18.0 Å². The van der Waals surface area contributed by atoms with Crippen LogP contribution in [0, 0.1) is 12.8 Å². The van der Waals surface area contributed by atoms with Crippen molar-refractivity contribution < 1.29 is 18.0 Å². The zero-order chi connectivity index (χ0) is 28.6. The SMILES string of the molecule is Cc1ccc(CN(C(=O)CN(c2cccc(Br)c2)S(C)(=O)=O)[C@H](Cc2ccccc2)C(=O)NCC(C)C)cc1. The summed E-state index contributed by atoms with van der Waals surface area (Å²) in [5.74, 6) is -0.521. The molecule has 0 unspecified atom stereocenters. The van der Waals surface area contributed by atoms with Crippen molar-refractivity contribution in [2.75, 3.05) is 23.7 Å². The Labute approximate surface area is 240 Å². The minimum Gasteiger partial charge on any atom is -0.354 e. The molecule has 39 heavy (non-hydrogen) atoms. The number of hydrogen-bond acceptors (Lipinski definition) is 4. The minimum absolute atomic E-state index is 0.155. The molecule has 3 aromatic rings. The van der Waals surface area contributed by atoms with Crippen LogP contribution in [0.2, 0.25) is 0 Å². The number of carbonyl (C=O) groups is 2. The van der Waals surface area contributed by atoms with Gasteiger partial charge in [0.1, 0.15) is 12.6 Å². The van der Waals surface area contributed by atoms with Gasteiger partial charge in [0.25, 0.3) is 0 Å². The van der Waals surface area contributed by atoms with Crippen LogP contribution < -0.4 is 9.62 Å². The van der Waals surface area contributed by atoms with E-state index in [4.69, 9.17) is 0 Å². The number of benzene rings is 3. The first kappa shape index (κ1) is 30.4. The summed E-state index contributed by atoms with van der Waals surface area (Å²) in [6, 6.07) is 23.2. The molecule has 0 fully saturated rings. The quantitative estimate of drug-likeness (QED) is 0.314. The lowest BCUT2D eigenvalue weighted by atomic mass is 10.0. The Hall–Kier alpha value is -3.17. The summed E-state index contributed by atoms with van der Waals surface area (Å²) in [6.45, 7) is 6.16. The average Bonchev–Trinajstić information content (AvgIpc) is 2.88. The summed E-state index contributed by atoms with van der Waals surface area (Å²) < 4.78 is 27.4. The van der Waals surface area contributed by atoms with Gasteiger partial charge < -0.3 is 10.2 Å². The van der Waals surface area contributed by atoms with Crippen molar-refractivity contribution in [3.63, 3.8) is 0 Å². The number of amides is 2. The van der Waals surface area contributed by atoms with Gasteiger partial charge in [0.15, 0.2) is 0 Å². The second-order valence-electron chi connectivity index (χ2n) is 10.1. The summed E-state index contributed by atoms with van der Waals surface area (Å²) in [5, 5.41) is 2.98. The standard InChI is InChI=1S/C30H36BrN3O4S/c1-22(2)19-32-30(36)28(17-24-9-6-5-7-10-24)33(20-25-15-13-23(3)14-16-25)29(35)21-34(39(4,37)38)27-12-8-11-26(31)18-27/h5-16,18,22,28H,17,19-21H2,1-4H3,(H,32,36)/t28-/m1/s1. The number of anilines is 1. The molecule has 0 saturated carbocycles. The lowest BCUT2D eigenvalue weighted by molar-refractivity contribution is -0.140. The fourth-order valence-corrected chi connectivity index (χ4v) is 5.34. The van der Waals surface area contributed by atoms with Crippen molar-refractivity contribution in [2.45, 2.75) is 39.8 Å². The predicted octanol–water partition coefficient (Wildman–Crippen LogP) is 4.94. The van der Waals surface area contributed by atoms with Crippen molar-refractivity contribution in [3.05, 3.63) is 100 Å². The van der Waals surface area contributed by atoms with Crippen LogP contribution in [0.1, 0.15) is 30.5 Å². The number of rotatable bonds is 12. The number of hydrogen-bond donors (Lipinski definition) is 1. The fourth-order valence-electron chi connectivity index (χ4n) is 4.11. The minimum atomic E-state index is -3.80. The molecule has 0 radical (unpaired) electrons. The maximum Gasteiger partial charge on any atom is 0.244 e. The number of halogens is 1. The highest BCUT2D eigenvalue weighted by atomic mass is 79.9. The molecule has 9 heteroatoms. The van der Waals surface area contributed by atoms with E-state index >= 15 is 0 Å². The molecule has 0 saturated heterocycles. The van der Waals surface area contributed by atoms with Crippen molar-refractivity contribution in [1.29, 1.82) is 0 Å². The molecular formula is C30H36BrN3O4S. The van der Waals surface area contributed by atoms with Crippen LogP contribution in [0.5, 0.6) is 0 Å². The molecule has 2 amide bonds. The molecular weight excluding hydrogens is 578 g/mol. The molecule has 1 N–H and O–H groups in total. The molecule has 0 aromatic heterocycles. The van der Waals surface area contributed by atoms with Crippen LogP contribution in [-0.2, 0) is 32.6 Å². The maximum atomic E-state index is 14.0. The number of carbonyl (C=O) groups excluding carboxylic acids is 2. The van der Waals surface area contributed by atoms with Gasteiger partial charge in [-0.15, -0.1) is 0 Å². The Bertz CT molecular complexity index is 1360. The molecule has 0 heterocycles. The number of nitrogens with zero attached hydrogens (tertiary/aromatic N) is 2. The van der Waals surface area contributed by atoms with Gasteiger partial charge in [0.2, 0.25) is 21.8 Å². The van der Waals surface area contributed by atoms with Crippen LogP contribution in [0.15, 0.2) is 83.3 Å². The van der Waals surface area contributed by atoms with Crippen LogP contribution >= 0.6 is 15.9 Å². The summed E-state index contributed by atoms with van der Waals surface area (Å²) in [6.07, 6.45) is 1.36. The van der Waals surface area contributed by atoms with Crippen LogP contribution in [0.3, 0.4) is 0 Å². The molecule has 0 aliphatic rings. The lowest BCUT2D eigenvalue weighted by Gasteiger charge is -2.33. The van der Waals surface area contributed by atoms with E-state index < -0.39 is 28.5 Å². The Morgan fingerprint density at radius 3 is 2.18 bits per heavy atom. The largest absolute Gasteiger partial charge is 0.354 e. The molecule has 0 aliphatic carbocycles. The van der Waals surface area contributed by atoms with Gasteiger partial charge in [-0.05, 0) is 42.2 Å². The number of nitrogens with one attached hydrogen (secondary N) is 1. The van der Waals surface area contributed by atoms with E-state index in [2.05, 4.69) is 21.2 Å². The first-order valence-corrected chi connectivity index (χ1v) is 15.5. The maximum absolute atomic E-state index is 14.0. The number of sulfonamides is 1. The van der Waals surface area contributed by atoms with Crippen LogP contribution in [0.25, 0.3) is 0 Å². The van der Waals surface area contributed by atoms with E-state index in [0.29, 0.717) is 16.7 Å². The van der Waals surface area contributed by atoms with E-state index in [1.54, 1.807) is 24.3 Å². The molecule has 3 aromatic carbocycles. The Morgan fingerprint density at radius 2 is 1.59 bits per heavy atom. The predicted molar refractivity (Wildman–Crippen MR) is 160 cm³/mol. The van der Waals surface area contributed by atoms with Gasteiger partial charge in [-0.3, -0.25) is 13.9 Å². The first-order chi connectivity index (χ1) is 18.4. The van der Waals surface area contributed by atoms with Crippen LogP contribution in [-0.4, -0.2) is 50.5 Å². The van der Waals surface area contributed by atoms with Crippen molar-refractivity contribution in [2.24, 2.45) is 5.92 Å². The lowest BCUT2D eigenvalue weighted by Crippen LogP contribution is -2.53. The van der Waals surface area contributed by atoms with E-state index in [1.165, 1.54) is 4.90 Å². The van der Waals surface area contributed by atoms with Gasteiger partial charge in [0.05, 0.1) is 11.9 Å². The molecule has 7 nitrogen and oxygen atoms in total. The van der Waals surface area contributed by atoms with Gasteiger partial charge in [-0.25, -0.2) is 8.42 Å². The van der Waals surface area contributed by atoms with E-state index in [0.717, 1.165) is 27.3 Å². The third-order valence-electron chi connectivity index (χ3n) is 6.20. The number of aryl methyl sites for hydroxylation is 1. The van der Waals surface area contributed by atoms with Gasteiger partial charge in [-0.2, -0.15) is 0 Å². The Balaban J connectivity index is 2.04. The summed E-state index contributed by atoms with van der Waals surface area (Å²) in [5.41, 5.74) is 3.18. The van der Waals surface area contributed by atoms with E-state index in [1.807, 2.05) is 75.4 Å². The fraction of sp³-hybridized carbons (Fsp3) is 0.333. The Morgan fingerprint density at radius 1 is 0.923 bits per heavy atom. The third-order valence-corrected chi connectivity index (χ3v) is 7.84.